The number of aromatic nitrogens is 1. The number of piperidine rings is 1. The first-order chi connectivity index (χ1) is 10.1. The number of aryl methyl sites for hydroxylation is 1. The van der Waals surface area contributed by atoms with Crippen molar-refractivity contribution in [2.45, 2.75) is 26.2 Å². The van der Waals surface area contributed by atoms with E-state index in [1.165, 1.54) is 11.1 Å². The number of carboxylic acid groups (broad SMARTS) is 1. The normalized spacial score (nSPS) is 16.3. The molecule has 0 atom stereocenters. The fraction of sp³-hybridized carbons (Fsp3) is 0.412. The lowest BCUT2D eigenvalue weighted by atomic mass is 9.93. The first-order valence-electron chi connectivity index (χ1n) is 7.46. The molecule has 0 radical (unpaired) electrons. The molecule has 4 heteroatoms. The molecular weight excluding hydrogens is 264 g/mol. The Hall–Kier alpha value is -2.10. The number of hydrogen-bond acceptors (Lipinski definition) is 3. The topological polar surface area (TPSA) is 53.4 Å². The number of hydrogen-bond donors (Lipinski definition) is 1. The number of benzene rings is 1. The van der Waals surface area contributed by atoms with Crippen LogP contribution in [-0.4, -0.2) is 29.1 Å². The predicted molar refractivity (Wildman–Crippen MR) is 83.7 cm³/mol. The van der Waals surface area contributed by atoms with Crippen LogP contribution < -0.4 is 4.90 Å². The summed E-state index contributed by atoms with van der Waals surface area (Å²) in [7, 11) is 0. The van der Waals surface area contributed by atoms with Crippen molar-refractivity contribution in [1.82, 2.24) is 4.98 Å². The molecule has 1 aromatic carbocycles. The van der Waals surface area contributed by atoms with Crippen molar-refractivity contribution in [1.29, 1.82) is 0 Å². The van der Waals surface area contributed by atoms with Crippen LogP contribution in [0.5, 0.6) is 0 Å². The minimum absolute atomic E-state index is 0.296. The van der Waals surface area contributed by atoms with Gasteiger partial charge in [-0.25, -0.2) is 0 Å². The average molecular weight is 284 g/mol. The third kappa shape index (κ3) is 2.99. The number of rotatable bonds is 3. The Labute approximate surface area is 124 Å². The van der Waals surface area contributed by atoms with Gasteiger partial charge < -0.3 is 10.0 Å². The summed E-state index contributed by atoms with van der Waals surface area (Å²) in [5.74, 6) is -0.369. The number of aliphatic carboxylic acids is 1. The largest absolute Gasteiger partial charge is 0.481 e. The molecule has 3 rings (SSSR count). The van der Waals surface area contributed by atoms with E-state index in [1.54, 1.807) is 0 Å². The van der Waals surface area contributed by atoms with Crippen LogP contribution in [-0.2, 0) is 4.79 Å². The fourth-order valence-corrected chi connectivity index (χ4v) is 3.17. The van der Waals surface area contributed by atoms with E-state index in [4.69, 9.17) is 5.11 Å². The number of carbonyl (C=O) groups is 1. The maximum atomic E-state index is 10.8. The van der Waals surface area contributed by atoms with Crippen molar-refractivity contribution < 1.29 is 9.90 Å². The summed E-state index contributed by atoms with van der Waals surface area (Å²) in [5.41, 5.74) is 3.28. The highest BCUT2D eigenvalue weighted by atomic mass is 16.4. The SMILES string of the molecule is Cc1cc(N2CCC(CC(=O)O)CC2)c2ccccc2n1. The van der Waals surface area contributed by atoms with Crippen molar-refractivity contribution in [2.24, 2.45) is 5.92 Å². The van der Waals surface area contributed by atoms with Crippen LogP contribution in [0.3, 0.4) is 0 Å². The van der Waals surface area contributed by atoms with Crippen LogP contribution in [0.1, 0.15) is 25.0 Å². The molecular formula is C17H20N2O2. The van der Waals surface area contributed by atoms with Gasteiger partial charge in [-0.1, -0.05) is 18.2 Å². The highest BCUT2D eigenvalue weighted by Crippen LogP contribution is 2.31. The van der Waals surface area contributed by atoms with Gasteiger partial charge in [-0.2, -0.15) is 0 Å². The zero-order chi connectivity index (χ0) is 14.8. The van der Waals surface area contributed by atoms with E-state index < -0.39 is 5.97 Å². The molecule has 1 aromatic heterocycles. The predicted octanol–water partition coefficient (Wildman–Crippen LogP) is 3.23. The molecule has 0 unspecified atom stereocenters. The number of fused-ring (bicyclic) bond motifs is 1. The highest BCUT2D eigenvalue weighted by molar-refractivity contribution is 5.92. The molecule has 2 heterocycles. The van der Waals surface area contributed by atoms with E-state index in [1.807, 2.05) is 25.1 Å². The van der Waals surface area contributed by atoms with Gasteiger partial charge in [0, 0.05) is 36.3 Å². The number of nitrogens with zero attached hydrogens (tertiary/aromatic N) is 2. The molecule has 2 aromatic rings. The Bertz CT molecular complexity index is 661. The molecule has 0 saturated carbocycles. The minimum atomic E-state index is -0.682. The summed E-state index contributed by atoms with van der Waals surface area (Å²) in [4.78, 5) is 17.8. The highest BCUT2D eigenvalue weighted by Gasteiger charge is 2.22. The minimum Gasteiger partial charge on any atom is -0.481 e. The lowest BCUT2D eigenvalue weighted by molar-refractivity contribution is -0.138. The van der Waals surface area contributed by atoms with E-state index >= 15 is 0 Å². The van der Waals surface area contributed by atoms with E-state index in [0.29, 0.717) is 12.3 Å². The van der Waals surface area contributed by atoms with Crippen LogP contribution in [0.2, 0.25) is 0 Å². The van der Waals surface area contributed by atoms with Gasteiger partial charge in [-0.15, -0.1) is 0 Å². The number of carboxylic acids is 1. The number of anilines is 1. The summed E-state index contributed by atoms with van der Waals surface area (Å²) >= 11 is 0. The van der Waals surface area contributed by atoms with Crippen LogP contribution in [0.25, 0.3) is 10.9 Å². The monoisotopic (exact) mass is 284 g/mol. The molecule has 4 nitrogen and oxygen atoms in total. The fourth-order valence-electron chi connectivity index (χ4n) is 3.17. The maximum absolute atomic E-state index is 10.8. The summed E-state index contributed by atoms with van der Waals surface area (Å²) in [5, 5.41) is 10.1. The second-order valence-electron chi connectivity index (χ2n) is 5.83. The van der Waals surface area contributed by atoms with Gasteiger partial charge in [-0.3, -0.25) is 9.78 Å². The molecule has 0 amide bonds. The van der Waals surface area contributed by atoms with E-state index in [2.05, 4.69) is 22.0 Å². The quantitative estimate of drug-likeness (QED) is 0.940. The Kier molecular flexibility index (Phi) is 3.78. The molecule has 0 bridgehead atoms. The summed E-state index contributed by atoms with van der Waals surface area (Å²) < 4.78 is 0. The Morgan fingerprint density at radius 2 is 2.05 bits per heavy atom. The maximum Gasteiger partial charge on any atom is 0.303 e. The second-order valence-corrected chi connectivity index (χ2v) is 5.83. The Balaban J connectivity index is 1.84. The standard InChI is InChI=1S/C17H20N2O2/c1-12-10-16(14-4-2-3-5-15(14)18-12)19-8-6-13(7-9-19)11-17(20)21/h2-5,10,13H,6-9,11H2,1H3,(H,20,21). The number of pyridine rings is 1. The third-order valence-corrected chi connectivity index (χ3v) is 4.24. The van der Waals surface area contributed by atoms with Gasteiger partial charge in [-0.05, 0) is 37.8 Å². The van der Waals surface area contributed by atoms with Crippen molar-refractivity contribution in [3.8, 4) is 0 Å². The van der Waals surface area contributed by atoms with Gasteiger partial charge in [0.2, 0.25) is 0 Å². The molecule has 110 valence electrons. The molecule has 1 aliphatic rings. The molecule has 1 saturated heterocycles. The zero-order valence-electron chi connectivity index (χ0n) is 12.2. The Morgan fingerprint density at radius 3 is 2.76 bits per heavy atom. The van der Waals surface area contributed by atoms with E-state index in [9.17, 15) is 4.79 Å². The van der Waals surface area contributed by atoms with Crippen molar-refractivity contribution in [3.05, 3.63) is 36.0 Å². The van der Waals surface area contributed by atoms with Gasteiger partial charge in [0.1, 0.15) is 0 Å². The van der Waals surface area contributed by atoms with Gasteiger partial charge in [0.05, 0.1) is 5.52 Å². The molecule has 0 aliphatic carbocycles. The summed E-state index contributed by atoms with van der Waals surface area (Å²) in [6.45, 7) is 3.86. The summed E-state index contributed by atoms with van der Waals surface area (Å²) in [6, 6.07) is 10.3. The first kappa shape index (κ1) is 13.9. The lowest BCUT2D eigenvalue weighted by Crippen LogP contribution is -2.34. The average Bonchev–Trinajstić information content (AvgIpc) is 2.46. The molecule has 0 spiro atoms. The van der Waals surface area contributed by atoms with Crippen LogP contribution in [0.4, 0.5) is 5.69 Å². The van der Waals surface area contributed by atoms with Gasteiger partial charge in [0.15, 0.2) is 0 Å². The van der Waals surface area contributed by atoms with Crippen LogP contribution in [0.15, 0.2) is 30.3 Å². The molecule has 1 fully saturated rings. The van der Waals surface area contributed by atoms with Crippen molar-refractivity contribution in [3.63, 3.8) is 0 Å². The number of para-hydroxylation sites is 1. The molecule has 1 aliphatic heterocycles. The van der Waals surface area contributed by atoms with Crippen LogP contribution in [0, 0.1) is 12.8 Å². The smallest absolute Gasteiger partial charge is 0.303 e. The van der Waals surface area contributed by atoms with Crippen LogP contribution >= 0.6 is 0 Å². The first-order valence-corrected chi connectivity index (χ1v) is 7.46. The third-order valence-electron chi connectivity index (χ3n) is 4.24. The second kappa shape index (κ2) is 5.72. The van der Waals surface area contributed by atoms with E-state index in [0.717, 1.165) is 37.1 Å². The Morgan fingerprint density at radius 1 is 1.33 bits per heavy atom. The van der Waals surface area contributed by atoms with Crippen molar-refractivity contribution >= 4 is 22.6 Å². The molecule has 21 heavy (non-hydrogen) atoms. The van der Waals surface area contributed by atoms with Crippen molar-refractivity contribution in [2.75, 3.05) is 18.0 Å². The summed E-state index contributed by atoms with van der Waals surface area (Å²) in [6.07, 6.45) is 2.19. The zero-order valence-corrected chi connectivity index (χ0v) is 12.2. The lowest BCUT2D eigenvalue weighted by Gasteiger charge is -2.33. The molecule has 1 N–H and O–H groups in total. The van der Waals surface area contributed by atoms with Gasteiger partial charge in [0.25, 0.3) is 0 Å². The van der Waals surface area contributed by atoms with Gasteiger partial charge >= 0.3 is 5.97 Å². The van der Waals surface area contributed by atoms with E-state index in [-0.39, 0.29) is 0 Å².